The molecule has 0 bridgehead atoms. The van der Waals surface area contributed by atoms with E-state index in [9.17, 15) is 0 Å². The van der Waals surface area contributed by atoms with Gasteiger partial charge in [0.1, 0.15) is 0 Å². The third-order valence-corrected chi connectivity index (χ3v) is 8.47. The first-order valence-corrected chi connectivity index (χ1v) is 21.7. The van der Waals surface area contributed by atoms with Gasteiger partial charge >= 0.3 is 34.1 Å². The first-order chi connectivity index (χ1) is 23.3. The zero-order valence-electron chi connectivity index (χ0n) is 32.8. The number of hydrogen-bond acceptors (Lipinski definition) is 19. The Morgan fingerprint density at radius 1 is 0.500 bits per heavy atom. The van der Waals surface area contributed by atoms with Crippen molar-refractivity contribution in [1.82, 2.24) is 10.4 Å². The summed E-state index contributed by atoms with van der Waals surface area (Å²) in [7, 11) is -19.8. The monoisotopic (exact) mass is 981 g/mol. The maximum absolute atomic E-state index is 8.49. The molecule has 0 fully saturated rings. The van der Waals surface area contributed by atoms with Gasteiger partial charge in [0.15, 0.2) is 0 Å². The molecule has 0 spiro atoms. The van der Waals surface area contributed by atoms with Crippen LogP contribution in [0.1, 0.15) is 121 Å². The Labute approximate surface area is 352 Å². The molecule has 26 heteroatoms. The Hall–Kier alpha value is 1.40. The van der Waals surface area contributed by atoms with Crippen LogP contribution < -0.4 is 85.9 Å². The van der Waals surface area contributed by atoms with Crippen LogP contribution in [0.15, 0.2) is 0 Å². The molecule has 2 atom stereocenters. The third kappa shape index (κ3) is 77.8. The number of nitrogens with zero attached hydrogens (tertiary/aromatic N) is 2. The molecule has 0 saturated carbocycles. The molecule has 0 saturated heterocycles. The summed E-state index contributed by atoms with van der Waals surface area (Å²) in [6, 6.07) is 0. The summed E-state index contributed by atoms with van der Waals surface area (Å²) in [4.78, 5) is 2.53. The Balaban J connectivity index is -0.0000000857. The zero-order chi connectivity index (χ0) is 43.0. The molecule has 20 nitrogen and oxygen atoms in total. The van der Waals surface area contributed by atoms with Crippen molar-refractivity contribution < 1.29 is 154 Å². The normalized spacial score (nSPS) is 12.8. The summed E-state index contributed by atoms with van der Waals surface area (Å²) in [6.45, 7) is 30.0. The molecule has 0 rings (SSSR count). The SMILES string of the molecule is CCC(CC)C(C)CCC[15N+](CC)(CC)NN.CCC(CC)C(C)CCC[15N](CC)CC.[Cu+2].[Cu+2].[O-][Cl+3]([O-])([O-])[O-].[O-][Cl+3]([O-])([O-])[O-].[O-][Cl+3]([O-])([O-])[O-].[O-][Cl+3]([O-])([O-])[O-]. The van der Waals surface area contributed by atoms with Crippen molar-refractivity contribution in [1.29, 1.82) is 0 Å². The molecule has 54 heavy (non-hydrogen) atoms. The van der Waals surface area contributed by atoms with Gasteiger partial charge in [-0.1, -0.05) is 81.1 Å². The molecule has 3 N–H and O–H groups in total. The van der Waals surface area contributed by atoms with Crippen LogP contribution in [-0.2, 0) is 34.1 Å². The predicted octanol–water partition coefficient (Wildman–Crippen LogP) is -11.8. The predicted molar refractivity (Wildman–Crippen MR) is 146 cm³/mol. The number of quaternary nitrogens is 1. The molecule has 0 aromatic rings. The number of nitrogens with two attached hydrogens (primary N) is 1. The van der Waals surface area contributed by atoms with Crippen molar-refractivity contribution in [3.8, 4) is 0 Å². The molecule has 0 aliphatic carbocycles. The average molecular weight is 985 g/mol. The topological polar surface area (TPSA) is 410 Å². The number of hydrogen-bond donors (Lipinski definition) is 2. The molecular weight excluding hydrogens is 919 g/mol. The van der Waals surface area contributed by atoms with Crippen LogP contribution in [0.4, 0.5) is 0 Å². The quantitative estimate of drug-likeness (QED) is 0.0399. The van der Waals surface area contributed by atoms with Crippen LogP contribution in [-0.4, -0.2) is 48.8 Å². The van der Waals surface area contributed by atoms with Crippen LogP contribution in [0.3, 0.4) is 0 Å². The molecule has 342 valence electrons. The fourth-order valence-corrected chi connectivity index (χ4v) is 5.34. The van der Waals surface area contributed by atoms with Gasteiger partial charge in [0, 0.05) is 0 Å². The molecular formula is C28H65Cl4Cu2N4O16+. The van der Waals surface area contributed by atoms with E-state index < -0.39 is 41.0 Å². The van der Waals surface area contributed by atoms with E-state index in [0.717, 1.165) is 47.9 Å². The zero-order valence-corrected chi connectivity index (χ0v) is 37.7. The largest absolute Gasteiger partial charge is 2.00 e. The number of halogens is 4. The van der Waals surface area contributed by atoms with Gasteiger partial charge in [-0.05, 0) is 82.8 Å². The maximum atomic E-state index is 8.49. The summed E-state index contributed by atoms with van der Waals surface area (Å²) in [5, 5.41) is 0. The van der Waals surface area contributed by atoms with Crippen molar-refractivity contribution in [3.05, 3.63) is 0 Å². The van der Waals surface area contributed by atoms with Gasteiger partial charge in [0.05, 0.1) is 19.6 Å². The second-order valence-electron chi connectivity index (χ2n) is 11.6. The standard InChI is InChI=1S/C14H34N3.C14H31N.4ClHO4.2Cu/c1-6-14(7-2)13(5)11-10-12-17(8-3,9-4)16-15;1-6-14(7-2)13(5)11-10-12-15(8-3)9-4;4*2-1(3,4)5;;/h13-14,16H,6-12,15H2,1-5H3;13-14H,6-12H2,1-5H3;4*(H,2,3,4,5);;/q+1;;;;;;2*+2/p-4/i17+1;15+1;;;;;;. The summed E-state index contributed by atoms with van der Waals surface area (Å²) >= 11 is 0. The molecule has 0 aromatic heterocycles. The summed E-state index contributed by atoms with van der Waals surface area (Å²) in [5.41, 5.74) is 2.98. The number of nitrogens with one attached hydrogen (secondary N) is 1. The average Bonchev–Trinajstić information content (AvgIpc) is 2.96. The van der Waals surface area contributed by atoms with E-state index in [0.29, 0.717) is 0 Å². The van der Waals surface area contributed by atoms with Crippen molar-refractivity contribution in [3.63, 3.8) is 0 Å². The maximum Gasteiger partial charge on any atom is 2.00 e. The third-order valence-electron chi connectivity index (χ3n) is 8.47. The van der Waals surface area contributed by atoms with Crippen molar-refractivity contribution >= 4 is 0 Å². The van der Waals surface area contributed by atoms with E-state index in [1.165, 1.54) is 71.0 Å². The molecule has 0 amide bonds. The van der Waals surface area contributed by atoms with Gasteiger partial charge in [-0.3, -0.25) is 0 Å². The van der Waals surface area contributed by atoms with Crippen LogP contribution >= 0.6 is 0 Å². The van der Waals surface area contributed by atoms with Crippen LogP contribution in [0.5, 0.6) is 0 Å². The molecule has 0 aliphatic heterocycles. The Kier molecular flexibility index (Phi) is 55.6. The van der Waals surface area contributed by atoms with Crippen molar-refractivity contribution in [2.24, 2.45) is 29.5 Å². The summed E-state index contributed by atoms with van der Waals surface area (Å²) in [5.74, 6) is 9.28. The van der Waals surface area contributed by atoms with Gasteiger partial charge in [-0.15, -0.1) is 46.5 Å². The molecule has 2 radical (unpaired) electrons. The van der Waals surface area contributed by atoms with Gasteiger partial charge in [0.25, 0.3) is 0 Å². The number of hydrazine groups is 1. The van der Waals surface area contributed by atoms with E-state index in [1.54, 1.807) is 0 Å². The second-order valence-corrected chi connectivity index (χ2v) is 14.6. The fraction of sp³-hybridized carbons (Fsp3) is 1.00. The van der Waals surface area contributed by atoms with E-state index in [2.05, 4.69) is 79.7 Å². The van der Waals surface area contributed by atoms with Crippen LogP contribution in [0.2, 0.25) is 0 Å². The van der Waals surface area contributed by atoms with Gasteiger partial charge < -0.3 is 4.90 Å². The minimum absolute atomic E-state index is 0. The number of rotatable bonds is 19. The molecule has 0 aliphatic rings. The molecule has 2 unspecified atom stereocenters. The van der Waals surface area contributed by atoms with Crippen molar-refractivity contribution in [2.75, 3.05) is 39.3 Å². The van der Waals surface area contributed by atoms with Crippen LogP contribution in [0.25, 0.3) is 0 Å². The Morgan fingerprint density at radius 3 is 0.926 bits per heavy atom. The van der Waals surface area contributed by atoms with E-state index in [1.807, 2.05) is 0 Å². The molecule has 0 aromatic carbocycles. The summed E-state index contributed by atoms with van der Waals surface area (Å²) in [6.07, 6.45) is 10.7. The Morgan fingerprint density at radius 2 is 0.741 bits per heavy atom. The first-order valence-electron chi connectivity index (χ1n) is 16.8. The van der Waals surface area contributed by atoms with Crippen LogP contribution in [0, 0.1) is 64.6 Å². The van der Waals surface area contributed by atoms with Crippen molar-refractivity contribution in [2.45, 2.75) is 121 Å². The minimum Gasteiger partial charge on any atom is -0.304 e. The second kappa shape index (κ2) is 41.1. The van der Waals surface area contributed by atoms with E-state index in [-0.39, 0.29) is 34.1 Å². The van der Waals surface area contributed by atoms with Gasteiger partial charge in [-0.25, -0.2) is 85.0 Å². The van der Waals surface area contributed by atoms with Gasteiger partial charge in [0.2, 0.25) is 0 Å². The van der Waals surface area contributed by atoms with Gasteiger partial charge in [-0.2, -0.15) is 0 Å². The minimum atomic E-state index is -4.94. The smallest absolute Gasteiger partial charge is 0.304 e. The fourth-order valence-electron chi connectivity index (χ4n) is 5.34. The molecule has 0 heterocycles. The van der Waals surface area contributed by atoms with E-state index in [4.69, 9.17) is 80.4 Å². The summed E-state index contributed by atoms with van der Waals surface area (Å²) < 4.78 is 137. The first kappa shape index (κ1) is 73.0. The Bertz CT molecular complexity index is 667. The van der Waals surface area contributed by atoms with E-state index >= 15 is 0 Å².